The van der Waals surface area contributed by atoms with Gasteiger partial charge in [-0.1, -0.05) is 30.3 Å². The molecule has 0 radical (unpaired) electrons. The first kappa shape index (κ1) is 22.1. The molecule has 0 saturated heterocycles. The third-order valence-corrected chi connectivity index (χ3v) is 4.62. The summed E-state index contributed by atoms with van der Waals surface area (Å²) in [5.74, 6) is -0.245. The number of likely N-dealkylation sites (N-methyl/N-ethyl adjacent to an activating group) is 1. The molecule has 0 aliphatic carbocycles. The Morgan fingerprint density at radius 3 is 2.32 bits per heavy atom. The van der Waals surface area contributed by atoms with Crippen molar-refractivity contribution in [3.8, 4) is 11.3 Å². The molecule has 162 valence electrons. The van der Waals surface area contributed by atoms with Crippen molar-refractivity contribution in [3.05, 3.63) is 66.4 Å². The van der Waals surface area contributed by atoms with Crippen LogP contribution in [0.4, 0.5) is 19.1 Å². The van der Waals surface area contributed by atoms with Crippen molar-refractivity contribution in [3.63, 3.8) is 0 Å². The molecule has 10 heteroatoms. The second kappa shape index (κ2) is 9.50. The van der Waals surface area contributed by atoms with Crippen LogP contribution in [0.3, 0.4) is 0 Å². The van der Waals surface area contributed by atoms with Gasteiger partial charge in [0.1, 0.15) is 5.69 Å². The number of nitrogens with zero attached hydrogens (tertiary/aromatic N) is 5. The predicted octanol–water partition coefficient (Wildman–Crippen LogP) is 3.92. The molecule has 7 nitrogen and oxygen atoms in total. The Kier molecular flexibility index (Phi) is 6.78. The van der Waals surface area contributed by atoms with Gasteiger partial charge in [0.25, 0.3) is 5.91 Å². The van der Waals surface area contributed by atoms with E-state index in [-0.39, 0.29) is 30.1 Å². The highest BCUT2D eigenvalue weighted by molar-refractivity contribution is 5.98. The van der Waals surface area contributed by atoms with Gasteiger partial charge in [0.2, 0.25) is 5.95 Å². The molecule has 0 unspecified atom stereocenters. The SMILES string of the molecule is CCN(C(=O)c1nccnc1-c1ccccc1)[C@@H](C)CNc1ncc(C(F)(F)F)cn1. The lowest BCUT2D eigenvalue weighted by atomic mass is 10.1. The molecule has 3 aromatic rings. The molecule has 0 aliphatic heterocycles. The van der Waals surface area contributed by atoms with E-state index in [2.05, 4.69) is 25.3 Å². The summed E-state index contributed by atoms with van der Waals surface area (Å²) in [4.78, 5) is 30.8. The molecule has 0 saturated carbocycles. The van der Waals surface area contributed by atoms with E-state index >= 15 is 0 Å². The molecule has 3 rings (SSSR count). The molecule has 0 bridgehead atoms. The number of alkyl halides is 3. The van der Waals surface area contributed by atoms with E-state index in [0.29, 0.717) is 24.6 Å². The number of rotatable bonds is 7. The standard InChI is InChI=1S/C21H21F3N6O/c1-3-30(14(2)11-27-20-28-12-16(13-29-20)21(22,23)24)19(31)18-17(25-9-10-26-18)15-7-5-4-6-8-15/h4-10,12-14H,3,11H2,1-2H3,(H,27,28,29)/t14-/m0/s1. The normalized spacial score (nSPS) is 12.3. The summed E-state index contributed by atoms with van der Waals surface area (Å²) in [7, 11) is 0. The van der Waals surface area contributed by atoms with Gasteiger partial charge in [-0.2, -0.15) is 13.2 Å². The van der Waals surface area contributed by atoms with Crippen LogP contribution in [-0.4, -0.2) is 49.9 Å². The second-order valence-corrected chi connectivity index (χ2v) is 6.73. The average molecular weight is 430 g/mol. The number of aromatic nitrogens is 4. The number of nitrogens with one attached hydrogen (secondary N) is 1. The fourth-order valence-corrected chi connectivity index (χ4v) is 3.01. The van der Waals surface area contributed by atoms with Gasteiger partial charge in [0, 0.05) is 49.5 Å². The first-order valence-electron chi connectivity index (χ1n) is 9.61. The van der Waals surface area contributed by atoms with Crippen LogP contribution in [0.5, 0.6) is 0 Å². The number of hydrogen-bond acceptors (Lipinski definition) is 6. The van der Waals surface area contributed by atoms with Gasteiger partial charge in [-0.3, -0.25) is 9.78 Å². The Labute approximate surface area is 177 Å². The molecule has 0 fully saturated rings. The highest BCUT2D eigenvalue weighted by atomic mass is 19.4. The smallest absolute Gasteiger partial charge is 0.352 e. The molecule has 1 aromatic carbocycles. The summed E-state index contributed by atoms with van der Waals surface area (Å²) in [5, 5.41) is 2.87. The van der Waals surface area contributed by atoms with Crippen LogP contribution in [0.25, 0.3) is 11.3 Å². The van der Waals surface area contributed by atoms with Crippen molar-refractivity contribution in [2.75, 3.05) is 18.4 Å². The van der Waals surface area contributed by atoms with Gasteiger partial charge in [0.05, 0.1) is 5.56 Å². The van der Waals surface area contributed by atoms with Crippen molar-refractivity contribution in [2.24, 2.45) is 0 Å². The van der Waals surface area contributed by atoms with Crippen LogP contribution >= 0.6 is 0 Å². The molecule has 31 heavy (non-hydrogen) atoms. The third-order valence-electron chi connectivity index (χ3n) is 4.62. The van der Waals surface area contributed by atoms with E-state index in [9.17, 15) is 18.0 Å². The topological polar surface area (TPSA) is 83.9 Å². The first-order valence-corrected chi connectivity index (χ1v) is 9.61. The largest absolute Gasteiger partial charge is 0.419 e. The van der Waals surface area contributed by atoms with Crippen LogP contribution in [0.2, 0.25) is 0 Å². The fraction of sp³-hybridized carbons (Fsp3) is 0.286. The molecule has 0 aliphatic rings. The molecule has 1 N–H and O–H groups in total. The number of amides is 1. The Balaban J connectivity index is 1.73. The van der Waals surface area contributed by atoms with Crippen LogP contribution < -0.4 is 5.32 Å². The zero-order chi connectivity index (χ0) is 22.4. The van der Waals surface area contributed by atoms with Gasteiger partial charge in [0.15, 0.2) is 5.69 Å². The quantitative estimate of drug-likeness (QED) is 0.612. The van der Waals surface area contributed by atoms with Crippen molar-refractivity contribution >= 4 is 11.9 Å². The van der Waals surface area contributed by atoms with E-state index in [1.54, 1.807) is 4.90 Å². The number of benzene rings is 1. The average Bonchev–Trinajstić information content (AvgIpc) is 2.78. The Morgan fingerprint density at radius 1 is 1.06 bits per heavy atom. The maximum absolute atomic E-state index is 13.2. The Hall–Kier alpha value is -3.56. The van der Waals surface area contributed by atoms with Crippen molar-refractivity contribution in [2.45, 2.75) is 26.1 Å². The van der Waals surface area contributed by atoms with Gasteiger partial charge in [-0.15, -0.1) is 0 Å². The second-order valence-electron chi connectivity index (χ2n) is 6.73. The molecule has 2 aromatic heterocycles. The molecule has 0 spiro atoms. The number of carbonyl (C=O) groups excluding carboxylic acids is 1. The zero-order valence-electron chi connectivity index (χ0n) is 17.0. The van der Waals surface area contributed by atoms with Crippen LogP contribution in [0.15, 0.2) is 55.1 Å². The predicted molar refractivity (Wildman–Crippen MR) is 109 cm³/mol. The highest BCUT2D eigenvalue weighted by Crippen LogP contribution is 2.28. The number of anilines is 1. The molecular weight excluding hydrogens is 409 g/mol. The molecular formula is C21H21F3N6O. The Morgan fingerprint density at radius 2 is 1.71 bits per heavy atom. The highest BCUT2D eigenvalue weighted by Gasteiger charge is 2.31. The van der Waals surface area contributed by atoms with Crippen LogP contribution in [-0.2, 0) is 6.18 Å². The minimum absolute atomic E-state index is 0.0489. The molecule has 1 atom stereocenters. The zero-order valence-corrected chi connectivity index (χ0v) is 17.0. The summed E-state index contributed by atoms with van der Waals surface area (Å²) in [6.07, 6.45) is -0.0674. The first-order chi connectivity index (χ1) is 14.8. The lowest BCUT2D eigenvalue weighted by Crippen LogP contribution is -2.43. The van der Waals surface area contributed by atoms with Gasteiger partial charge in [-0.05, 0) is 13.8 Å². The van der Waals surface area contributed by atoms with Gasteiger partial charge >= 0.3 is 6.18 Å². The number of halogens is 3. The minimum atomic E-state index is -4.50. The van der Waals surface area contributed by atoms with Crippen LogP contribution in [0, 0.1) is 0 Å². The Bertz CT molecular complexity index is 1010. The maximum atomic E-state index is 13.2. The summed E-state index contributed by atoms with van der Waals surface area (Å²) < 4.78 is 37.9. The molecule has 2 heterocycles. The van der Waals surface area contributed by atoms with E-state index < -0.39 is 11.7 Å². The lowest BCUT2D eigenvalue weighted by Gasteiger charge is -2.28. The van der Waals surface area contributed by atoms with Gasteiger partial charge < -0.3 is 10.2 Å². The van der Waals surface area contributed by atoms with E-state index in [0.717, 1.165) is 5.56 Å². The van der Waals surface area contributed by atoms with E-state index in [1.165, 1.54) is 12.4 Å². The van der Waals surface area contributed by atoms with Crippen molar-refractivity contribution < 1.29 is 18.0 Å². The number of carbonyl (C=O) groups is 1. The summed E-state index contributed by atoms with van der Waals surface area (Å²) in [6.45, 7) is 4.30. The van der Waals surface area contributed by atoms with Crippen LogP contribution in [0.1, 0.15) is 29.9 Å². The molecule has 1 amide bonds. The van der Waals surface area contributed by atoms with E-state index in [4.69, 9.17) is 0 Å². The summed E-state index contributed by atoms with van der Waals surface area (Å²) in [6, 6.07) is 8.97. The lowest BCUT2D eigenvalue weighted by molar-refractivity contribution is -0.138. The van der Waals surface area contributed by atoms with Gasteiger partial charge in [-0.25, -0.2) is 15.0 Å². The summed E-state index contributed by atoms with van der Waals surface area (Å²) in [5.41, 5.74) is 0.567. The third kappa shape index (κ3) is 5.33. The minimum Gasteiger partial charge on any atom is -0.352 e. The number of hydrogen-bond donors (Lipinski definition) is 1. The van der Waals surface area contributed by atoms with Crippen molar-refractivity contribution in [1.82, 2.24) is 24.8 Å². The maximum Gasteiger partial charge on any atom is 0.419 e. The van der Waals surface area contributed by atoms with Crippen molar-refractivity contribution in [1.29, 1.82) is 0 Å². The monoisotopic (exact) mass is 430 g/mol. The van der Waals surface area contributed by atoms with E-state index in [1.807, 2.05) is 44.2 Å². The fourth-order valence-electron chi connectivity index (χ4n) is 3.01. The summed E-state index contributed by atoms with van der Waals surface area (Å²) >= 11 is 0.